The van der Waals surface area contributed by atoms with Gasteiger partial charge in [-0.25, -0.2) is 0 Å². The molecule has 0 saturated carbocycles. The van der Waals surface area contributed by atoms with E-state index in [1.807, 2.05) is 12.4 Å². The molecule has 17 heavy (non-hydrogen) atoms. The zero-order valence-corrected chi connectivity index (χ0v) is 12.2. The van der Waals surface area contributed by atoms with Crippen LogP contribution >= 0.6 is 27.3 Å². The average molecular weight is 311 g/mol. The molecule has 90 valence electrons. The Kier molecular flexibility index (Phi) is 4.71. The largest absolute Gasteiger partial charge is 0.301 e. The fourth-order valence-corrected chi connectivity index (χ4v) is 3.21. The van der Waals surface area contributed by atoms with Crippen LogP contribution in [0, 0.1) is 0 Å². The summed E-state index contributed by atoms with van der Waals surface area (Å²) in [6, 6.07) is 8.44. The lowest BCUT2D eigenvalue weighted by molar-refractivity contribution is 0.334. The zero-order valence-electron chi connectivity index (χ0n) is 9.77. The Morgan fingerprint density at radius 1 is 1.24 bits per heavy atom. The number of nitrogens with zero attached hydrogens (tertiary/aromatic N) is 2. The van der Waals surface area contributed by atoms with Gasteiger partial charge in [0.15, 0.2) is 0 Å². The number of hydrogen-bond donors (Lipinski definition) is 0. The molecule has 0 saturated heterocycles. The molecule has 0 N–H and O–H groups in total. The topological polar surface area (TPSA) is 16.1 Å². The number of hydrogen-bond acceptors (Lipinski definition) is 3. The third kappa shape index (κ3) is 4.22. The molecule has 0 amide bonds. The van der Waals surface area contributed by atoms with Crippen molar-refractivity contribution in [1.82, 2.24) is 9.88 Å². The molecule has 0 atom stereocenters. The predicted octanol–water partition coefficient (Wildman–Crippen LogP) is 3.58. The van der Waals surface area contributed by atoms with Crippen molar-refractivity contribution in [3.63, 3.8) is 0 Å². The highest BCUT2D eigenvalue weighted by Gasteiger charge is 2.03. The van der Waals surface area contributed by atoms with Crippen molar-refractivity contribution in [2.75, 3.05) is 13.6 Å². The van der Waals surface area contributed by atoms with Gasteiger partial charge in [-0.1, -0.05) is 0 Å². The van der Waals surface area contributed by atoms with E-state index in [0.717, 1.165) is 19.5 Å². The summed E-state index contributed by atoms with van der Waals surface area (Å²) in [4.78, 5) is 7.77. The molecule has 0 spiro atoms. The molecule has 4 heteroatoms. The summed E-state index contributed by atoms with van der Waals surface area (Å²) in [5.41, 5.74) is 1.35. The van der Waals surface area contributed by atoms with E-state index >= 15 is 0 Å². The van der Waals surface area contributed by atoms with Gasteiger partial charge in [-0.2, -0.15) is 0 Å². The Balaban J connectivity index is 1.80. The fourth-order valence-electron chi connectivity index (χ4n) is 1.65. The van der Waals surface area contributed by atoms with Gasteiger partial charge in [0.2, 0.25) is 0 Å². The first-order valence-electron chi connectivity index (χ1n) is 5.56. The van der Waals surface area contributed by atoms with Gasteiger partial charge in [0.05, 0.1) is 3.79 Å². The van der Waals surface area contributed by atoms with E-state index in [9.17, 15) is 0 Å². The summed E-state index contributed by atoms with van der Waals surface area (Å²) in [6.07, 6.45) is 4.78. The minimum absolute atomic E-state index is 1.02. The van der Waals surface area contributed by atoms with Crippen LogP contribution in [-0.2, 0) is 13.0 Å². The molecule has 0 unspecified atom stereocenters. The van der Waals surface area contributed by atoms with E-state index < -0.39 is 0 Å². The lowest BCUT2D eigenvalue weighted by atomic mass is 10.2. The third-order valence-corrected chi connectivity index (χ3v) is 4.19. The second-order valence-corrected chi connectivity index (χ2v) is 6.60. The predicted molar refractivity (Wildman–Crippen MR) is 76.3 cm³/mol. The highest BCUT2D eigenvalue weighted by molar-refractivity contribution is 9.11. The Hall–Kier alpha value is -0.710. The van der Waals surface area contributed by atoms with Gasteiger partial charge in [0.25, 0.3) is 0 Å². The highest BCUT2D eigenvalue weighted by atomic mass is 79.9. The van der Waals surface area contributed by atoms with Crippen LogP contribution < -0.4 is 0 Å². The van der Waals surface area contributed by atoms with E-state index in [-0.39, 0.29) is 0 Å². The van der Waals surface area contributed by atoms with Gasteiger partial charge in [-0.3, -0.25) is 4.98 Å². The monoisotopic (exact) mass is 310 g/mol. The quantitative estimate of drug-likeness (QED) is 0.839. The van der Waals surface area contributed by atoms with Crippen molar-refractivity contribution in [2.45, 2.75) is 13.0 Å². The van der Waals surface area contributed by atoms with Gasteiger partial charge < -0.3 is 4.90 Å². The zero-order chi connectivity index (χ0) is 12.1. The van der Waals surface area contributed by atoms with Crippen LogP contribution in [0.25, 0.3) is 0 Å². The van der Waals surface area contributed by atoms with E-state index in [1.165, 1.54) is 14.2 Å². The Morgan fingerprint density at radius 2 is 2.00 bits per heavy atom. The lowest BCUT2D eigenvalue weighted by Gasteiger charge is -2.15. The van der Waals surface area contributed by atoms with Crippen LogP contribution in [0.15, 0.2) is 40.4 Å². The standard InChI is InChI=1S/C13H15BrN2S/c1-16(10-12-2-3-13(14)17-12)9-6-11-4-7-15-8-5-11/h2-5,7-8H,6,9-10H2,1H3. The molecule has 0 bridgehead atoms. The molecule has 2 aromatic rings. The molecule has 0 aliphatic heterocycles. The van der Waals surface area contributed by atoms with E-state index in [2.05, 4.69) is 57.1 Å². The number of thiophene rings is 1. The molecule has 2 aromatic heterocycles. The maximum absolute atomic E-state index is 4.03. The molecular formula is C13H15BrN2S. The maximum atomic E-state index is 4.03. The number of halogens is 1. The molecule has 0 fully saturated rings. The van der Waals surface area contributed by atoms with Gasteiger partial charge in [0, 0.05) is 30.4 Å². The minimum Gasteiger partial charge on any atom is -0.301 e. The number of aromatic nitrogens is 1. The van der Waals surface area contributed by atoms with Crippen molar-refractivity contribution in [2.24, 2.45) is 0 Å². The number of likely N-dealkylation sites (N-methyl/N-ethyl adjacent to an activating group) is 1. The Bertz CT molecular complexity index is 455. The molecule has 0 aliphatic carbocycles. The minimum atomic E-state index is 1.02. The first kappa shape index (κ1) is 12.7. The highest BCUT2D eigenvalue weighted by Crippen LogP contribution is 2.22. The van der Waals surface area contributed by atoms with Crippen molar-refractivity contribution in [1.29, 1.82) is 0 Å². The molecule has 2 heterocycles. The van der Waals surface area contributed by atoms with Gasteiger partial charge >= 0.3 is 0 Å². The number of rotatable bonds is 5. The van der Waals surface area contributed by atoms with Crippen molar-refractivity contribution >= 4 is 27.3 Å². The van der Waals surface area contributed by atoms with Crippen molar-refractivity contribution < 1.29 is 0 Å². The summed E-state index contributed by atoms with van der Waals surface area (Å²) in [5.74, 6) is 0. The van der Waals surface area contributed by atoms with Crippen LogP contribution in [0.4, 0.5) is 0 Å². The van der Waals surface area contributed by atoms with Crippen molar-refractivity contribution in [3.8, 4) is 0 Å². The average Bonchev–Trinajstić information content (AvgIpc) is 2.73. The van der Waals surface area contributed by atoms with Crippen molar-refractivity contribution in [3.05, 3.63) is 50.9 Å². The third-order valence-electron chi connectivity index (χ3n) is 2.59. The summed E-state index contributed by atoms with van der Waals surface area (Å²) in [6.45, 7) is 2.08. The smallest absolute Gasteiger partial charge is 0.0701 e. The first-order valence-corrected chi connectivity index (χ1v) is 7.16. The van der Waals surface area contributed by atoms with Crippen LogP contribution in [0.2, 0.25) is 0 Å². The molecule has 0 aliphatic rings. The second kappa shape index (κ2) is 6.28. The molecule has 0 aromatic carbocycles. The van der Waals surface area contributed by atoms with Crippen LogP contribution in [0.5, 0.6) is 0 Å². The summed E-state index contributed by atoms with van der Waals surface area (Å²) in [7, 11) is 2.16. The van der Waals surface area contributed by atoms with E-state index in [1.54, 1.807) is 11.3 Å². The molecule has 2 rings (SSSR count). The Labute approximate surface area is 114 Å². The van der Waals surface area contributed by atoms with Gasteiger partial charge in [0.1, 0.15) is 0 Å². The normalized spacial score (nSPS) is 11.0. The second-order valence-electron chi connectivity index (χ2n) is 4.05. The summed E-state index contributed by atoms with van der Waals surface area (Å²) < 4.78 is 1.20. The summed E-state index contributed by atoms with van der Waals surface area (Å²) in [5, 5.41) is 0. The van der Waals surface area contributed by atoms with E-state index in [4.69, 9.17) is 0 Å². The summed E-state index contributed by atoms with van der Waals surface area (Å²) >= 11 is 5.29. The SMILES string of the molecule is CN(CCc1ccncc1)Cc1ccc(Br)s1. The number of pyridine rings is 1. The Morgan fingerprint density at radius 3 is 2.65 bits per heavy atom. The van der Waals surface area contributed by atoms with E-state index in [0.29, 0.717) is 0 Å². The van der Waals surface area contributed by atoms with Crippen LogP contribution in [0.1, 0.15) is 10.4 Å². The molecule has 0 radical (unpaired) electrons. The molecular weight excluding hydrogens is 296 g/mol. The molecule has 2 nitrogen and oxygen atoms in total. The first-order chi connectivity index (χ1) is 8.24. The maximum Gasteiger partial charge on any atom is 0.0701 e. The van der Waals surface area contributed by atoms with Gasteiger partial charge in [-0.05, 0) is 59.2 Å². The van der Waals surface area contributed by atoms with Crippen LogP contribution in [-0.4, -0.2) is 23.5 Å². The van der Waals surface area contributed by atoms with Crippen LogP contribution in [0.3, 0.4) is 0 Å². The fraction of sp³-hybridized carbons (Fsp3) is 0.308. The van der Waals surface area contributed by atoms with Gasteiger partial charge in [-0.15, -0.1) is 11.3 Å². The lowest BCUT2D eigenvalue weighted by Crippen LogP contribution is -2.20.